The molecular weight excluding hydrogens is 272 g/mol. The Morgan fingerprint density at radius 3 is 2.33 bits per heavy atom. The normalized spacial score (nSPS) is 9.86. The van der Waals surface area contributed by atoms with Gasteiger partial charge in [-0.05, 0) is 25.1 Å². The van der Waals surface area contributed by atoms with Crippen molar-refractivity contribution in [2.75, 3.05) is 20.2 Å². The molecular formula is C15H20N2O4. The van der Waals surface area contributed by atoms with Crippen molar-refractivity contribution < 1.29 is 19.1 Å². The molecule has 0 aliphatic carbocycles. The number of hydrogen-bond acceptors (Lipinski definition) is 4. The lowest BCUT2D eigenvalue weighted by Crippen LogP contribution is -2.34. The van der Waals surface area contributed by atoms with Crippen molar-refractivity contribution >= 4 is 17.6 Å². The quantitative estimate of drug-likeness (QED) is 0.572. The van der Waals surface area contributed by atoms with Crippen LogP contribution < -0.4 is 15.4 Å². The van der Waals surface area contributed by atoms with Crippen LogP contribution in [0, 0.1) is 0 Å². The molecule has 6 nitrogen and oxygen atoms in total. The molecule has 1 aromatic rings. The molecule has 0 radical (unpaired) electrons. The zero-order valence-corrected chi connectivity index (χ0v) is 12.5. The van der Waals surface area contributed by atoms with Gasteiger partial charge >= 0.3 is 0 Å². The van der Waals surface area contributed by atoms with Crippen LogP contribution in [0.4, 0.5) is 0 Å². The van der Waals surface area contributed by atoms with Crippen molar-refractivity contribution in [2.45, 2.75) is 20.3 Å². The van der Waals surface area contributed by atoms with E-state index in [1.54, 1.807) is 18.2 Å². The van der Waals surface area contributed by atoms with Crippen molar-refractivity contribution in [3.63, 3.8) is 0 Å². The predicted molar refractivity (Wildman–Crippen MR) is 78.4 cm³/mol. The summed E-state index contributed by atoms with van der Waals surface area (Å²) in [6, 6.07) is 5.00. The number of ketones is 1. The van der Waals surface area contributed by atoms with E-state index in [1.807, 2.05) is 0 Å². The molecule has 0 bridgehead atoms. The molecule has 0 saturated heterocycles. The minimum absolute atomic E-state index is 0.0648. The van der Waals surface area contributed by atoms with Crippen molar-refractivity contribution in [3.8, 4) is 5.75 Å². The molecule has 0 aromatic heterocycles. The van der Waals surface area contributed by atoms with Crippen molar-refractivity contribution in [1.29, 1.82) is 0 Å². The lowest BCUT2D eigenvalue weighted by Gasteiger charge is -2.10. The van der Waals surface area contributed by atoms with E-state index >= 15 is 0 Å². The standard InChI is InChI=1S/C15H20N2O4/c1-10(18)12-4-5-14(21-3)13(8-12)9-15(20)17-7-6-16-11(2)19/h4-5,8H,6-7,9H2,1-3H3,(H,16,19)(H,17,20). The maximum Gasteiger partial charge on any atom is 0.224 e. The average molecular weight is 292 g/mol. The van der Waals surface area contributed by atoms with Gasteiger partial charge in [0.05, 0.1) is 13.5 Å². The topological polar surface area (TPSA) is 84.5 Å². The highest BCUT2D eigenvalue weighted by atomic mass is 16.5. The largest absolute Gasteiger partial charge is 0.496 e. The Labute approximate surface area is 123 Å². The van der Waals surface area contributed by atoms with E-state index in [2.05, 4.69) is 10.6 Å². The molecule has 21 heavy (non-hydrogen) atoms. The van der Waals surface area contributed by atoms with E-state index in [-0.39, 0.29) is 24.0 Å². The van der Waals surface area contributed by atoms with Gasteiger partial charge in [0.2, 0.25) is 11.8 Å². The van der Waals surface area contributed by atoms with E-state index in [9.17, 15) is 14.4 Å². The van der Waals surface area contributed by atoms with Gasteiger partial charge in [-0.15, -0.1) is 0 Å². The van der Waals surface area contributed by atoms with Crippen molar-refractivity contribution in [1.82, 2.24) is 10.6 Å². The van der Waals surface area contributed by atoms with Crippen molar-refractivity contribution in [3.05, 3.63) is 29.3 Å². The van der Waals surface area contributed by atoms with Crippen LogP contribution >= 0.6 is 0 Å². The number of carbonyl (C=O) groups excluding carboxylic acids is 3. The second-order valence-electron chi connectivity index (χ2n) is 4.59. The Kier molecular flexibility index (Phi) is 6.39. The summed E-state index contributed by atoms with van der Waals surface area (Å²) in [4.78, 5) is 33.9. The van der Waals surface area contributed by atoms with Gasteiger partial charge in [-0.1, -0.05) is 0 Å². The molecule has 6 heteroatoms. The number of hydrogen-bond donors (Lipinski definition) is 2. The molecule has 0 atom stereocenters. The summed E-state index contributed by atoms with van der Waals surface area (Å²) < 4.78 is 5.19. The average Bonchev–Trinajstić information content (AvgIpc) is 2.43. The van der Waals surface area contributed by atoms with Crippen LogP contribution in [-0.4, -0.2) is 37.8 Å². The van der Waals surface area contributed by atoms with Crippen LogP contribution in [-0.2, 0) is 16.0 Å². The highest BCUT2D eigenvalue weighted by molar-refractivity contribution is 5.94. The Balaban J connectivity index is 2.63. The maximum atomic E-state index is 11.8. The van der Waals surface area contributed by atoms with Crippen LogP contribution in [0.15, 0.2) is 18.2 Å². The molecule has 0 fully saturated rings. The van der Waals surface area contributed by atoms with E-state index < -0.39 is 0 Å². The molecule has 1 aromatic carbocycles. The third-order valence-electron chi connectivity index (χ3n) is 2.86. The fraction of sp³-hybridized carbons (Fsp3) is 0.400. The molecule has 0 saturated carbocycles. The molecule has 0 heterocycles. The van der Waals surface area contributed by atoms with Gasteiger partial charge in [0, 0.05) is 31.1 Å². The summed E-state index contributed by atoms with van der Waals surface area (Å²) in [5, 5.41) is 5.28. The van der Waals surface area contributed by atoms with Gasteiger partial charge in [0.25, 0.3) is 0 Å². The number of benzene rings is 1. The summed E-state index contributed by atoms with van der Waals surface area (Å²) >= 11 is 0. The fourth-order valence-electron chi connectivity index (χ4n) is 1.81. The summed E-state index contributed by atoms with van der Waals surface area (Å²) in [5.74, 6) is 0.168. The lowest BCUT2D eigenvalue weighted by atomic mass is 10.0. The summed E-state index contributed by atoms with van der Waals surface area (Å²) in [7, 11) is 1.51. The van der Waals surface area contributed by atoms with Gasteiger partial charge in [-0.3, -0.25) is 14.4 Å². The second-order valence-corrected chi connectivity index (χ2v) is 4.59. The number of carbonyl (C=O) groups is 3. The molecule has 114 valence electrons. The number of nitrogens with one attached hydrogen (secondary N) is 2. The molecule has 2 N–H and O–H groups in total. The van der Waals surface area contributed by atoms with E-state index in [4.69, 9.17) is 4.74 Å². The number of methoxy groups -OCH3 is 1. The fourth-order valence-corrected chi connectivity index (χ4v) is 1.81. The molecule has 1 rings (SSSR count). The predicted octanol–water partition coefficient (Wildman–Crippen LogP) is 0.693. The first kappa shape index (κ1) is 16.7. The number of rotatable bonds is 7. The zero-order valence-electron chi connectivity index (χ0n) is 12.5. The van der Waals surface area contributed by atoms with Crippen LogP contribution in [0.25, 0.3) is 0 Å². The van der Waals surface area contributed by atoms with E-state index in [0.29, 0.717) is 30.0 Å². The van der Waals surface area contributed by atoms with Gasteiger partial charge in [-0.2, -0.15) is 0 Å². The Hall–Kier alpha value is -2.37. The number of Topliss-reactive ketones (excluding diaryl/α,β-unsaturated/α-hetero) is 1. The van der Waals surface area contributed by atoms with Crippen LogP contribution in [0.1, 0.15) is 29.8 Å². The third-order valence-corrected chi connectivity index (χ3v) is 2.86. The second kappa shape index (κ2) is 8.04. The SMILES string of the molecule is COc1ccc(C(C)=O)cc1CC(=O)NCCNC(C)=O. The van der Waals surface area contributed by atoms with Crippen LogP contribution in [0.3, 0.4) is 0 Å². The van der Waals surface area contributed by atoms with Gasteiger partial charge in [0.1, 0.15) is 5.75 Å². The summed E-state index contributed by atoms with van der Waals surface area (Å²) in [6.45, 7) is 3.62. The Morgan fingerprint density at radius 1 is 1.10 bits per heavy atom. The first-order valence-electron chi connectivity index (χ1n) is 6.63. The minimum atomic E-state index is -0.195. The minimum Gasteiger partial charge on any atom is -0.496 e. The highest BCUT2D eigenvalue weighted by Gasteiger charge is 2.11. The molecule has 0 unspecified atom stereocenters. The molecule has 0 aliphatic rings. The first-order valence-corrected chi connectivity index (χ1v) is 6.63. The first-order chi connectivity index (χ1) is 9.93. The Morgan fingerprint density at radius 2 is 1.76 bits per heavy atom. The lowest BCUT2D eigenvalue weighted by molar-refractivity contribution is -0.121. The molecule has 0 spiro atoms. The van der Waals surface area contributed by atoms with Gasteiger partial charge < -0.3 is 15.4 Å². The number of amides is 2. The van der Waals surface area contributed by atoms with E-state index in [0.717, 1.165) is 0 Å². The van der Waals surface area contributed by atoms with Crippen molar-refractivity contribution in [2.24, 2.45) is 0 Å². The summed E-state index contributed by atoms with van der Waals surface area (Å²) in [6.07, 6.45) is 0.115. The van der Waals surface area contributed by atoms with Crippen LogP contribution in [0.2, 0.25) is 0 Å². The highest BCUT2D eigenvalue weighted by Crippen LogP contribution is 2.20. The number of ether oxygens (including phenoxy) is 1. The van der Waals surface area contributed by atoms with Gasteiger partial charge in [-0.25, -0.2) is 0 Å². The Bertz CT molecular complexity index is 540. The third kappa shape index (κ3) is 5.64. The monoisotopic (exact) mass is 292 g/mol. The smallest absolute Gasteiger partial charge is 0.224 e. The zero-order chi connectivity index (χ0) is 15.8. The molecule has 2 amide bonds. The van der Waals surface area contributed by atoms with Gasteiger partial charge in [0.15, 0.2) is 5.78 Å². The van der Waals surface area contributed by atoms with Crippen LogP contribution in [0.5, 0.6) is 5.75 Å². The maximum absolute atomic E-state index is 11.8. The summed E-state index contributed by atoms with van der Waals surface area (Å²) in [5.41, 5.74) is 1.19. The van der Waals surface area contributed by atoms with E-state index in [1.165, 1.54) is 21.0 Å². The molecule has 0 aliphatic heterocycles.